The van der Waals surface area contributed by atoms with E-state index in [9.17, 15) is 0 Å². The number of rotatable bonds is 2. The fourth-order valence-electron chi connectivity index (χ4n) is 1.58. The summed E-state index contributed by atoms with van der Waals surface area (Å²) in [5.41, 5.74) is 21.6. The highest BCUT2D eigenvalue weighted by atomic mass is 14.6. The minimum atomic E-state index is 0.859. The summed E-state index contributed by atoms with van der Waals surface area (Å²) in [6.07, 6.45) is 1.94. The molecule has 0 saturated heterocycles. The molecule has 0 heterocycles. The minimum absolute atomic E-state index is 0.859. The molecule has 0 atom stereocenters. The monoisotopic (exact) mass is 209 g/mol. The van der Waals surface area contributed by atoms with Crippen molar-refractivity contribution in [3.63, 3.8) is 0 Å². The maximum atomic E-state index is 5.94. The zero-order valence-electron chi connectivity index (χ0n) is 10.2. The molecule has 1 rings (SSSR count). The molecule has 0 aliphatic carbocycles. The van der Waals surface area contributed by atoms with Crippen molar-refractivity contribution in [2.24, 2.45) is 5.73 Å². The van der Waals surface area contributed by atoms with E-state index in [0.717, 1.165) is 29.8 Å². The van der Waals surface area contributed by atoms with E-state index in [1.165, 1.54) is 18.2 Å². The number of nitrogens with two attached hydrogens (primary N) is 3. The minimum Gasteiger partial charge on any atom is -0.398 e. The van der Waals surface area contributed by atoms with E-state index in [-0.39, 0.29) is 0 Å². The van der Waals surface area contributed by atoms with Crippen molar-refractivity contribution >= 4 is 11.4 Å². The second kappa shape index (κ2) is 6.30. The normalized spacial score (nSPS) is 9.40. The van der Waals surface area contributed by atoms with Gasteiger partial charge < -0.3 is 17.2 Å². The standard InChI is InChI=1S/C11H18N2.CH5N/c1-4-8-6-9(5-2)11(13)7(3)10(8)12;1-2/h6H,4-5,12-13H2,1-3H3;2H2,1H3. The summed E-state index contributed by atoms with van der Waals surface area (Å²) < 4.78 is 0. The summed E-state index contributed by atoms with van der Waals surface area (Å²) in [5, 5.41) is 0. The van der Waals surface area contributed by atoms with Crippen molar-refractivity contribution in [3.8, 4) is 0 Å². The Kier molecular flexibility index (Phi) is 5.79. The lowest BCUT2D eigenvalue weighted by Crippen LogP contribution is -2.04. The fraction of sp³-hybridized carbons (Fsp3) is 0.500. The van der Waals surface area contributed by atoms with E-state index < -0.39 is 0 Å². The third-order valence-corrected chi connectivity index (χ3v) is 2.61. The van der Waals surface area contributed by atoms with Crippen LogP contribution in [0.5, 0.6) is 0 Å². The van der Waals surface area contributed by atoms with Gasteiger partial charge in [0.2, 0.25) is 0 Å². The summed E-state index contributed by atoms with van der Waals surface area (Å²) in [5.74, 6) is 0. The van der Waals surface area contributed by atoms with Crippen LogP contribution in [0.1, 0.15) is 30.5 Å². The smallest absolute Gasteiger partial charge is 0.0397 e. The molecule has 0 saturated carbocycles. The predicted octanol–water partition coefficient (Wildman–Crippen LogP) is 1.86. The van der Waals surface area contributed by atoms with Crippen LogP contribution in [0, 0.1) is 6.92 Å². The molecule has 3 nitrogen and oxygen atoms in total. The summed E-state index contributed by atoms with van der Waals surface area (Å²) in [4.78, 5) is 0. The van der Waals surface area contributed by atoms with Crippen LogP contribution in [0.3, 0.4) is 0 Å². The van der Waals surface area contributed by atoms with Gasteiger partial charge in [0.25, 0.3) is 0 Å². The largest absolute Gasteiger partial charge is 0.398 e. The molecule has 6 N–H and O–H groups in total. The van der Waals surface area contributed by atoms with Gasteiger partial charge in [-0.2, -0.15) is 0 Å². The zero-order valence-corrected chi connectivity index (χ0v) is 10.2. The number of benzene rings is 1. The Bertz CT molecular complexity index is 291. The second-order valence-corrected chi connectivity index (χ2v) is 3.35. The van der Waals surface area contributed by atoms with Gasteiger partial charge in [0, 0.05) is 11.4 Å². The van der Waals surface area contributed by atoms with E-state index >= 15 is 0 Å². The van der Waals surface area contributed by atoms with Gasteiger partial charge in [0.15, 0.2) is 0 Å². The van der Waals surface area contributed by atoms with Crippen LogP contribution in [0.25, 0.3) is 0 Å². The summed E-state index contributed by atoms with van der Waals surface area (Å²) in [7, 11) is 1.50. The fourth-order valence-corrected chi connectivity index (χ4v) is 1.58. The molecule has 0 radical (unpaired) electrons. The molecule has 15 heavy (non-hydrogen) atoms. The first-order valence-corrected chi connectivity index (χ1v) is 5.35. The molecule has 1 aromatic carbocycles. The van der Waals surface area contributed by atoms with E-state index in [1.54, 1.807) is 0 Å². The summed E-state index contributed by atoms with van der Waals surface area (Å²) in [6, 6.07) is 2.12. The maximum Gasteiger partial charge on any atom is 0.0397 e. The molecule has 86 valence electrons. The van der Waals surface area contributed by atoms with E-state index in [0.29, 0.717) is 0 Å². The van der Waals surface area contributed by atoms with Gasteiger partial charge in [-0.15, -0.1) is 0 Å². The van der Waals surface area contributed by atoms with Crippen molar-refractivity contribution in [3.05, 3.63) is 22.8 Å². The number of nitrogen functional groups attached to an aromatic ring is 2. The lowest BCUT2D eigenvalue weighted by atomic mass is 9.98. The number of aryl methyl sites for hydroxylation is 2. The molecule has 0 aliphatic rings. The quantitative estimate of drug-likeness (QED) is 0.650. The van der Waals surface area contributed by atoms with Gasteiger partial charge >= 0.3 is 0 Å². The van der Waals surface area contributed by atoms with E-state index in [2.05, 4.69) is 25.6 Å². The molecule has 0 aromatic heterocycles. The Balaban J connectivity index is 0.000000921. The average Bonchev–Trinajstić information content (AvgIpc) is 2.29. The number of hydrogen-bond acceptors (Lipinski definition) is 3. The summed E-state index contributed by atoms with van der Waals surface area (Å²) >= 11 is 0. The number of hydrogen-bond donors (Lipinski definition) is 3. The van der Waals surface area contributed by atoms with Crippen LogP contribution in [-0.2, 0) is 12.8 Å². The molecule has 0 spiro atoms. The van der Waals surface area contributed by atoms with E-state index in [1.807, 2.05) is 6.92 Å². The Morgan fingerprint density at radius 1 is 0.933 bits per heavy atom. The van der Waals surface area contributed by atoms with Crippen LogP contribution in [-0.4, -0.2) is 7.05 Å². The van der Waals surface area contributed by atoms with Crippen molar-refractivity contribution in [2.45, 2.75) is 33.6 Å². The Labute approximate surface area is 92.6 Å². The van der Waals surface area contributed by atoms with Gasteiger partial charge in [-0.05, 0) is 43.5 Å². The van der Waals surface area contributed by atoms with Gasteiger partial charge in [0.1, 0.15) is 0 Å². The molecule has 0 amide bonds. The van der Waals surface area contributed by atoms with Crippen LogP contribution >= 0.6 is 0 Å². The highest BCUT2D eigenvalue weighted by molar-refractivity contribution is 5.68. The first kappa shape index (κ1) is 13.8. The molecule has 0 bridgehead atoms. The molecule has 0 unspecified atom stereocenters. The molecule has 3 heteroatoms. The Morgan fingerprint density at radius 3 is 1.53 bits per heavy atom. The molecule has 0 aliphatic heterocycles. The average molecular weight is 209 g/mol. The van der Waals surface area contributed by atoms with Gasteiger partial charge in [-0.3, -0.25) is 0 Å². The molecule has 1 aromatic rings. The molecular weight excluding hydrogens is 186 g/mol. The van der Waals surface area contributed by atoms with Crippen molar-refractivity contribution < 1.29 is 0 Å². The zero-order chi connectivity index (χ0) is 12.0. The van der Waals surface area contributed by atoms with Crippen LogP contribution in [0.15, 0.2) is 6.07 Å². The Morgan fingerprint density at radius 2 is 1.27 bits per heavy atom. The lowest BCUT2D eigenvalue weighted by Gasteiger charge is -2.13. The predicted molar refractivity (Wildman–Crippen MR) is 68.9 cm³/mol. The molecular formula is C12H23N3. The van der Waals surface area contributed by atoms with Crippen LogP contribution < -0.4 is 17.2 Å². The second-order valence-electron chi connectivity index (χ2n) is 3.35. The maximum absolute atomic E-state index is 5.94. The third-order valence-electron chi connectivity index (χ3n) is 2.61. The SMILES string of the molecule is CCc1cc(CC)c(N)c(C)c1N.CN. The van der Waals surface area contributed by atoms with Gasteiger partial charge in [-0.1, -0.05) is 19.9 Å². The summed E-state index contributed by atoms with van der Waals surface area (Å²) in [6.45, 7) is 6.21. The van der Waals surface area contributed by atoms with Crippen LogP contribution in [0.4, 0.5) is 11.4 Å². The first-order valence-electron chi connectivity index (χ1n) is 5.35. The highest BCUT2D eigenvalue weighted by Crippen LogP contribution is 2.27. The lowest BCUT2D eigenvalue weighted by molar-refractivity contribution is 1.08. The first-order chi connectivity index (χ1) is 7.11. The Hall–Kier alpha value is -1.22. The van der Waals surface area contributed by atoms with Gasteiger partial charge in [-0.25, -0.2) is 0 Å². The van der Waals surface area contributed by atoms with Crippen molar-refractivity contribution in [1.82, 2.24) is 0 Å². The molecule has 0 fully saturated rings. The third kappa shape index (κ3) is 2.86. The van der Waals surface area contributed by atoms with Gasteiger partial charge in [0.05, 0.1) is 0 Å². The van der Waals surface area contributed by atoms with Crippen LogP contribution in [0.2, 0.25) is 0 Å². The van der Waals surface area contributed by atoms with Crippen molar-refractivity contribution in [1.29, 1.82) is 0 Å². The topological polar surface area (TPSA) is 78.1 Å². The van der Waals surface area contributed by atoms with E-state index in [4.69, 9.17) is 11.5 Å². The van der Waals surface area contributed by atoms with Crippen molar-refractivity contribution in [2.75, 3.05) is 18.5 Å². The number of anilines is 2. The highest BCUT2D eigenvalue weighted by Gasteiger charge is 2.07.